The molecule has 0 unspecified atom stereocenters. The summed E-state index contributed by atoms with van der Waals surface area (Å²) in [6, 6.07) is 0. The fourth-order valence-electron chi connectivity index (χ4n) is 5.35. The summed E-state index contributed by atoms with van der Waals surface area (Å²) in [6.07, 6.45) is 7.00. The SMILES string of the molecule is O=C(CN1CCN(C(=O)[C@@]23CCCC[C@H]2CNC3)CC1)N1CCCC1. The quantitative estimate of drug-likeness (QED) is 0.809. The van der Waals surface area contributed by atoms with Crippen LogP contribution in [-0.4, -0.2) is 85.4 Å². The van der Waals surface area contributed by atoms with Gasteiger partial charge in [0.05, 0.1) is 12.0 Å². The molecule has 0 spiro atoms. The number of carbonyl (C=O) groups excluding carboxylic acids is 2. The van der Waals surface area contributed by atoms with Gasteiger partial charge in [-0.05, 0) is 38.1 Å². The maximum atomic E-state index is 13.3. The molecule has 6 heteroatoms. The molecule has 140 valence electrons. The topological polar surface area (TPSA) is 55.9 Å². The van der Waals surface area contributed by atoms with Gasteiger partial charge in [0.15, 0.2) is 0 Å². The van der Waals surface area contributed by atoms with Crippen molar-refractivity contribution in [2.45, 2.75) is 38.5 Å². The third-order valence-corrected chi connectivity index (χ3v) is 6.94. The van der Waals surface area contributed by atoms with E-state index < -0.39 is 0 Å². The number of hydrogen-bond acceptors (Lipinski definition) is 4. The molecule has 3 heterocycles. The highest BCUT2D eigenvalue weighted by molar-refractivity contribution is 5.84. The Morgan fingerprint density at radius 2 is 1.68 bits per heavy atom. The van der Waals surface area contributed by atoms with E-state index in [0.717, 1.165) is 71.6 Å². The van der Waals surface area contributed by atoms with Crippen LogP contribution in [0, 0.1) is 11.3 Å². The summed E-state index contributed by atoms with van der Waals surface area (Å²) in [5.74, 6) is 1.18. The third kappa shape index (κ3) is 3.31. The number of piperazine rings is 1. The number of amides is 2. The number of rotatable bonds is 3. The zero-order valence-corrected chi connectivity index (χ0v) is 15.3. The molecule has 0 radical (unpaired) electrons. The lowest BCUT2D eigenvalue weighted by atomic mass is 9.67. The average Bonchev–Trinajstić information content (AvgIpc) is 3.32. The Kier molecular flexibility index (Phi) is 5.00. The smallest absolute Gasteiger partial charge is 0.236 e. The van der Waals surface area contributed by atoms with Crippen molar-refractivity contribution in [2.24, 2.45) is 11.3 Å². The van der Waals surface area contributed by atoms with Crippen molar-refractivity contribution in [1.82, 2.24) is 20.0 Å². The van der Waals surface area contributed by atoms with Crippen LogP contribution >= 0.6 is 0 Å². The standard InChI is InChI=1S/C19H32N4O2/c24-17(22-7-3-4-8-22)14-21-9-11-23(12-10-21)18(25)19-6-2-1-5-16(19)13-20-15-19/h16,20H,1-15H2/t16-,19+/m0/s1. The maximum absolute atomic E-state index is 13.3. The zero-order chi connectivity index (χ0) is 17.3. The lowest BCUT2D eigenvalue weighted by molar-refractivity contribution is -0.147. The van der Waals surface area contributed by atoms with E-state index >= 15 is 0 Å². The van der Waals surface area contributed by atoms with E-state index in [4.69, 9.17) is 0 Å². The van der Waals surface area contributed by atoms with E-state index in [1.165, 1.54) is 19.3 Å². The molecule has 3 aliphatic heterocycles. The minimum Gasteiger partial charge on any atom is -0.342 e. The van der Waals surface area contributed by atoms with E-state index in [9.17, 15) is 9.59 Å². The fraction of sp³-hybridized carbons (Fsp3) is 0.895. The van der Waals surface area contributed by atoms with Gasteiger partial charge in [-0.1, -0.05) is 12.8 Å². The average molecular weight is 348 g/mol. The second-order valence-corrected chi connectivity index (χ2v) is 8.39. The van der Waals surface area contributed by atoms with Crippen LogP contribution in [0.25, 0.3) is 0 Å². The van der Waals surface area contributed by atoms with Crippen molar-refractivity contribution in [3.05, 3.63) is 0 Å². The third-order valence-electron chi connectivity index (χ3n) is 6.94. The number of hydrogen-bond donors (Lipinski definition) is 1. The molecule has 4 fully saturated rings. The molecule has 2 atom stereocenters. The highest BCUT2D eigenvalue weighted by atomic mass is 16.2. The van der Waals surface area contributed by atoms with Gasteiger partial charge in [0.1, 0.15) is 0 Å². The molecule has 0 aromatic carbocycles. The highest BCUT2D eigenvalue weighted by Crippen LogP contribution is 2.45. The lowest BCUT2D eigenvalue weighted by Crippen LogP contribution is -2.56. The summed E-state index contributed by atoms with van der Waals surface area (Å²) in [5, 5.41) is 3.48. The van der Waals surface area contributed by atoms with Crippen LogP contribution in [0.3, 0.4) is 0 Å². The summed E-state index contributed by atoms with van der Waals surface area (Å²) < 4.78 is 0. The van der Waals surface area contributed by atoms with Gasteiger partial charge in [0.2, 0.25) is 11.8 Å². The summed E-state index contributed by atoms with van der Waals surface area (Å²) in [6.45, 7) is 7.47. The van der Waals surface area contributed by atoms with Crippen LogP contribution in [0.1, 0.15) is 38.5 Å². The summed E-state index contributed by atoms with van der Waals surface area (Å²) in [5.41, 5.74) is -0.133. The molecule has 2 amide bonds. The second kappa shape index (κ2) is 7.23. The predicted octanol–water partition coefficient (Wildman–Crippen LogP) is 0.533. The maximum Gasteiger partial charge on any atom is 0.236 e. The van der Waals surface area contributed by atoms with Crippen LogP contribution in [-0.2, 0) is 9.59 Å². The van der Waals surface area contributed by atoms with E-state index in [-0.39, 0.29) is 11.3 Å². The molecule has 3 saturated heterocycles. The van der Waals surface area contributed by atoms with Crippen molar-refractivity contribution in [3.63, 3.8) is 0 Å². The number of nitrogens with one attached hydrogen (secondary N) is 1. The number of fused-ring (bicyclic) bond motifs is 1. The van der Waals surface area contributed by atoms with E-state index in [1.807, 2.05) is 4.90 Å². The summed E-state index contributed by atoms with van der Waals surface area (Å²) in [4.78, 5) is 31.9. The number of carbonyl (C=O) groups is 2. The molecule has 6 nitrogen and oxygen atoms in total. The predicted molar refractivity (Wildman–Crippen MR) is 96.1 cm³/mol. The van der Waals surface area contributed by atoms with Gasteiger partial charge in [-0.15, -0.1) is 0 Å². The van der Waals surface area contributed by atoms with Crippen LogP contribution in [0.15, 0.2) is 0 Å². The van der Waals surface area contributed by atoms with Gasteiger partial charge < -0.3 is 15.1 Å². The molecule has 25 heavy (non-hydrogen) atoms. The van der Waals surface area contributed by atoms with Crippen LogP contribution < -0.4 is 5.32 Å². The Balaban J connectivity index is 1.31. The van der Waals surface area contributed by atoms with E-state index in [2.05, 4.69) is 15.1 Å². The summed E-state index contributed by atoms with van der Waals surface area (Å²) in [7, 11) is 0. The van der Waals surface area contributed by atoms with Crippen molar-refractivity contribution < 1.29 is 9.59 Å². The molecule has 0 aromatic heterocycles. The number of nitrogens with zero attached hydrogens (tertiary/aromatic N) is 3. The van der Waals surface area contributed by atoms with Gasteiger partial charge in [0.25, 0.3) is 0 Å². The molecule has 0 bridgehead atoms. The molecule has 4 rings (SSSR count). The monoisotopic (exact) mass is 348 g/mol. The molecular formula is C19H32N4O2. The Morgan fingerprint density at radius 3 is 2.44 bits per heavy atom. The first-order valence-electron chi connectivity index (χ1n) is 10.2. The van der Waals surface area contributed by atoms with Crippen LogP contribution in [0.2, 0.25) is 0 Å². The molecule has 4 aliphatic rings. The van der Waals surface area contributed by atoms with Gasteiger partial charge in [-0.2, -0.15) is 0 Å². The Morgan fingerprint density at radius 1 is 0.920 bits per heavy atom. The first kappa shape index (κ1) is 17.3. The molecule has 0 aromatic rings. The van der Waals surface area contributed by atoms with Crippen LogP contribution in [0.5, 0.6) is 0 Å². The van der Waals surface area contributed by atoms with E-state index in [1.54, 1.807) is 0 Å². The van der Waals surface area contributed by atoms with Gasteiger partial charge in [0, 0.05) is 45.8 Å². The minimum atomic E-state index is -0.133. The van der Waals surface area contributed by atoms with E-state index in [0.29, 0.717) is 18.4 Å². The van der Waals surface area contributed by atoms with Crippen LogP contribution in [0.4, 0.5) is 0 Å². The lowest BCUT2D eigenvalue weighted by Gasteiger charge is -2.43. The zero-order valence-electron chi connectivity index (χ0n) is 15.3. The largest absolute Gasteiger partial charge is 0.342 e. The minimum absolute atomic E-state index is 0.133. The molecule has 1 aliphatic carbocycles. The molecule has 1 N–H and O–H groups in total. The van der Waals surface area contributed by atoms with Crippen molar-refractivity contribution in [1.29, 1.82) is 0 Å². The Bertz CT molecular complexity index is 512. The molecule has 1 saturated carbocycles. The van der Waals surface area contributed by atoms with Crippen molar-refractivity contribution in [2.75, 3.05) is 58.9 Å². The van der Waals surface area contributed by atoms with Crippen molar-refractivity contribution >= 4 is 11.8 Å². The second-order valence-electron chi connectivity index (χ2n) is 8.39. The van der Waals surface area contributed by atoms with Gasteiger partial charge in [-0.3, -0.25) is 14.5 Å². The number of likely N-dealkylation sites (tertiary alicyclic amines) is 1. The Labute approximate surface area is 150 Å². The fourth-order valence-corrected chi connectivity index (χ4v) is 5.35. The highest BCUT2D eigenvalue weighted by Gasteiger charge is 2.51. The Hall–Kier alpha value is -1.14. The normalized spacial score (nSPS) is 33.5. The summed E-state index contributed by atoms with van der Waals surface area (Å²) >= 11 is 0. The first-order valence-corrected chi connectivity index (χ1v) is 10.2. The van der Waals surface area contributed by atoms with Gasteiger partial charge >= 0.3 is 0 Å². The van der Waals surface area contributed by atoms with Gasteiger partial charge in [-0.25, -0.2) is 0 Å². The first-order chi connectivity index (χ1) is 12.2. The molecular weight excluding hydrogens is 316 g/mol. The van der Waals surface area contributed by atoms with Crippen molar-refractivity contribution in [3.8, 4) is 0 Å².